The Hall–Kier alpha value is -2.92. The number of benzene rings is 2. The number of fused-ring (bicyclic) bond motifs is 2. The van der Waals surface area contributed by atoms with Crippen molar-refractivity contribution < 1.29 is 22.8 Å². The molecule has 0 aromatic heterocycles. The Labute approximate surface area is 249 Å². The molecule has 3 aliphatic heterocycles. The second-order valence-electron chi connectivity index (χ2n) is 11.1. The van der Waals surface area contributed by atoms with E-state index in [9.17, 15) is 22.8 Å². The average Bonchev–Trinajstić information content (AvgIpc) is 3.16. The Morgan fingerprint density at radius 3 is 2.44 bits per heavy atom. The molecule has 3 amide bonds. The summed E-state index contributed by atoms with van der Waals surface area (Å²) >= 11 is 12.6. The van der Waals surface area contributed by atoms with Gasteiger partial charge in [0.15, 0.2) is 0 Å². The molecule has 1 spiro atoms. The minimum atomic E-state index is -3.30. The van der Waals surface area contributed by atoms with E-state index in [2.05, 4.69) is 17.2 Å². The van der Waals surface area contributed by atoms with E-state index in [1.54, 1.807) is 43.3 Å². The maximum Gasteiger partial charge on any atom is 0.239 e. The van der Waals surface area contributed by atoms with Gasteiger partial charge in [-0.1, -0.05) is 53.6 Å². The minimum absolute atomic E-state index is 0.0281. The van der Waals surface area contributed by atoms with Crippen molar-refractivity contribution in [2.45, 2.75) is 49.6 Å². The van der Waals surface area contributed by atoms with Gasteiger partial charge in [-0.3, -0.25) is 14.4 Å². The third-order valence-electron chi connectivity index (χ3n) is 8.36. The molecule has 2 fully saturated rings. The summed E-state index contributed by atoms with van der Waals surface area (Å²) in [6.45, 7) is 6.29. The molecule has 12 heteroatoms. The second kappa shape index (κ2) is 11.1. The lowest BCUT2D eigenvalue weighted by atomic mass is 9.58. The third-order valence-corrected chi connectivity index (χ3v) is 10.1. The van der Waals surface area contributed by atoms with Crippen LogP contribution in [0.1, 0.15) is 43.2 Å². The predicted molar refractivity (Wildman–Crippen MR) is 158 cm³/mol. The molecule has 218 valence electrons. The van der Waals surface area contributed by atoms with Gasteiger partial charge in [-0.25, -0.2) is 12.7 Å². The van der Waals surface area contributed by atoms with Gasteiger partial charge < -0.3 is 15.5 Å². The van der Waals surface area contributed by atoms with Crippen molar-refractivity contribution >= 4 is 56.6 Å². The number of rotatable bonds is 6. The van der Waals surface area contributed by atoms with Crippen LogP contribution in [0.25, 0.3) is 0 Å². The van der Waals surface area contributed by atoms with Crippen molar-refractivity contribution in [3.8, 4) is 0 Å². The Bertz CT molecular complexity index is 1540. The lowest BCUT2D eigenvalue weighted by Gasteiger charge is -2.51. The average molecular weight is 620 g/mol. The van der Waals surface area contributed by atoms with Gasteiger partial charge in [0.05, 0.1) is 12.3 Å². The van der Waals surface area contributed by atoms with Gasteiger partial charge in [0.1, 0.15) is 12.0 Å². The Kier molecular flexibility index (Phi) is 7.97. The number of hydrogen-bond acceptors (Lipinski definition) is 5. The summed E-state index contributed by atoms with van der Waals surface area (Å²) < 4.78 is 25.1. The fourth-order valence-electron chi connectivity index (χ4n) is 6.68. The van der Waals surface area contributed by atoms with Crippen LogP contribution in [0.4, 0.5) is 5.69 Å². The fourth-order valence-corrected chi connectivity index (χ4v) is 7.92. The number of carbonyl (C=O) groups is 3. The highest BCUT2D eigenvalue weighted by Crippen LogP contribution is 2.56. The van der Waals surface area contributed by atoms with Gasteiger partial charge in [0, 0.05) is 47.2 Å². The summed E-state index contributed by atoms with van der Waals surface area (Å²) in [7, 11) is -3.30. The number of amides is 3. The van der Waals surface area contributed by atoms with Crippen molar-refractivity contribution in [2.75, 3.05) is 31.2 Å². The third kappa shape index (κ3) is 5.38. The van der Waals surface area contributed by atoms with Crippen LogP contribution < -0.4 is 10.6 Å². The second-order valence-corrected chi connectivity index (χ2v) is 14.0. The van der Waals surface area contributed by atoms with E-state index in [0.29, 0.717) is 52.8 Å². The van der Waals surface area contributed by atoms with Crippen LogP contribution in [0, 0.1) is 0 Å². The van der Waals surface area contributed by atoms with Gasteiger partial charge in [-0.2, -0.15) is 0 Å². The number of carbonyl (C=O) groups excluding carboxylic acids is 3. The van der Waals surface area contributed by atoms with Gasteiger partial charge in [0.25, 0.3) is 0 Å². The molecule has 2 saturated heterocycles. The number of hydrogen-bond donors (Lipinski definition) is 2. The maximum absolute atomic E-state index is 14.1. The highest BCUT2D eigenvalue weighted by Gasteiger charge is 2.63. The van der Waals surface area contributed by atoms with Crippen molar-refractivity contribution in [2.24, 2.45) is 0 Å². The number of nitrogens with one attached hydrogen (secondary N) is 2. The van der Waals surface area contributed by atoms with Crippen molar-refractivity contribution in [3.63, 3.8) is 0 Å². The summed E-state index contributed by atoms with van der Waals surface area (Å²) in [5.74, 6) is -1.56. The molecule has 0 unspecified atom stereocenters. The molecule has 5 rings (SSSR count). The first-order chi connectivity index (χ1) is 19.3. The number of likely N-dealkylation sites (tertiary alicyclic amines) is 1. The zero-order chi connectivity index (χ0) is 29.7. The van der Waals surface area contributed by atoms with E-state index in [4.69, 9.17) is 23.2 Å². The molecule has 2 N–H and O–H groups in total. The summed E-state index contributed by atoms with van der Waals surface area (Å²) in [5.41, 5.74) is 1.23. The van der Waals surface area contributed by atoms with Crippen LogP contribution >= 0.6 is 23.2 Å². The molecule has 2 aromatic rings. The first-order valence-electron chi connectivity index (χ1n) is 13.4. The van der Waals surface area contributed by atoms with Gasteiger partial charge in [-0.05, 0) is 55.2 Å². The highest BCUT2D eigenvalue weighted by molar-refractivity contribution is 7.88. The quantitative estimate of drug-likeness (QED) is 0.479. The van der Waals surface area contributed by atoms with Gasteiger partial charge in [0.2, 0.25) is 27.7 Å². The van der Waals surface area contributed by atoms with E-state index in [-0.39, 0.29) is 36.7 Å². The van der Waals surface area contributed by atoms with Crippen LogP contribution in [0.2, 0.25) is 10.0 Å². The first-order valence-corrected chi connectivity index (χ1v) is 16.0. The molecule has 0 saturated carbocycles. The summed E-state index contributed by atoms with van der Waals surface area (Å²) in [5, 5.41) is 6.88. The highest BCUT2D eigenvalue weighted by atomic mass is 35.5. The molecule has 3 aliphatic rings. The van der Waals surface area contributed by atoms with Crippen LogP contribution in [0.5, 0.6) is 0 Å². The topological polar surface area (TPSA) is 116 Å². The molecule has 41 heavy (non-hydrogen) atoms. The predicted octanol–water partition coefficient (Wildman–Crippen LogP) is 3.68. The molecule has 0 aliphatic carbocycles. The van der Waals surface area contributed by atoms with Crippen LogP contribution in [-0.4, -0.2) is 73.3 Å². The van der Waals surface area contributed by atoms with Gasteiger partial charge >= 0.3 is 0 Å². The normalized spacial score (nSPS) is 25.2. The van der Waals surface area contributed by atoms with E-state index < -0.39 is 27.4 Å². The van der Waals surface area contributed by atoms with Crippen LogP contribution in [-0.2, 0) is 29.8 Å². The van der Waals surface area contributed by atoms with Crippen LogP contribution in [0.15, 0.2) is 54.6 Å². The Morgan fingerprint density at radius 2 is 1.80 bits per heavy atom. The summed E-state index contributed by atoms with van der Waals surface area (Å²) in [6, 6.07) is 11.3. The maximum atomic E-state index is 14.1. The van der Waals surface area contributed by atoms with Crippen LogP contribution in [0.3, 0.4) is 0 Å². The largest absolute Gasteiger partial charge is 0.352 e. The minimum Gasteiger partial charge on any atom is -0.352 e. The smallest absolute Gasteiger partial charge is 0.239 e. The summed E-state index contributed by atoms with van der Waals surface area (Å²) in [6.07, 6.45) is 2.07. The lowest BCUT2D eigenvalue weighted by molar-refractivity contribution is -0.147. The molecule has 0 bridgehead atoms. The lowest BCUT2D eigenvalue weighted by Crippen LogP contribution is -2.65. The molecular weight excluding hydrogens is 587 g/mol. The summed E-state index contributed by atoms with van der Waals surface area (Å²) in [4.78, 5) is 42.8. The SMILES string of the molecule is C=C(C)[C@H]1N(CC(=O)NC2CCN(S(C)(=O)=O)CC2)C(=O)C[C@@H](c2cccc(Cl)c2)[C@]12C(=O)Nc1cc(Cl)ccc12. The molecule has 2 aromatic carbocycles. The van der Waals surface area contributed by atoms with Crippen molar-refractivity contribution in [1.82, 2.24) is 14.5 Å². The van der Waals surface area contributed by atoms with E-state index >= 15 is 0 Å². The van der Waals surface area contributed by atoms with E-state index in [1.807, 2.05) is 6.07 Å². The first kappa shape index (κ1) is 29.6. The number of nitrogens with zero attached hydrogens (tertiary/aromatic N) is 2. The van der Waals surface area contributed by atoms with Crippen molar-refractivity contribution in [1.29, 1.82) is 0 Å². The Balaban J connectivity index is 1.50. The van der Waals surface area contributed by atoms with E-state index in [0.717, 1.165) is 5.56 Å². The molecule has 3 atom stereocenters. The van der Waals surface area contributed by atoms with E-state index in [1.165, 1.54) is 15.5 Å². The zero-order valence-corrected chi connectivity index (χ0v) is 25.2. The van der Waals surface area contributed by atoms with Gasteiger partial charge in [-0.15, -0.1) is 0 Å². The Morgan fingerprint density at radius 1 is 1.12 bits per heavy atom. The fraction of sp³-hybridized carbons (Fsp3) is 0.414. The molecular formula is C29H32Cl2N4O5S. The number of anilines is 1. The monoisotopic (exact) mass is 618 g/mol. The number of halogens is 2. The zero-order valence-electron chi connectivity index (χ0n) is 22.8. The van der Waals surface area contributed by atoms with Crippen molar-refractivity contribution in [3.05, 3.63) is 75.8 Å². The standard InChI is InChI=1S/C29H32Cl2N4O5S/c1-17(2)27-29(22-8-7-20(31)14-24(22)33-28(29)38)23(18-5-4-6-19(30)13-18)15-26(37)35(27)16-25(36)32-21-9-11-34(12-10-21)41(3,39)40/h4-8,13-14,21,23,27H,1,9-12,15-16H2,2-3H3,(H,32,36)(H,33,38)/t23-,27+,29-/m0/s1. The molecule has 0 radical (unpaired) electrons. The number of sulfonamides is 1. The number of piperidine rings is 2. The molecule has 3 heterocycles. The molecule has 9 nitrogen and oxygen atoms in total.